The van der Waals surface area contributed by atoms with Gasteiger partial charge in [0.25, 0.3) is 0 Å². The molecule has 0 aliphatic heterocycles. The van der Waals surface area contributed by atoms with Crippen LogP contribution in [0.2, 0.25) is 0 Å². The second-order valence-corrected chi connectivity index (χ2v) is 2.05. The van der Waals surface area contributed by atoms with E-state index in [1.54, 1.807) is 12.1 Å². The van der Waals surface area contributed by atoms with Gasteiger partial charge in [-0.2, -0.15) is 0 Å². The molecular formula is C9H9F. The van der Waals surface area contributed by atoms with Crippen LogP contribution in [0, 0.1) is 5.82 Å². The monoisotopic (exact) mass is 136 g/mol. The smallest absolute Gasteiger partial charge is 0.123 e. The zero-order valence-corrected chi connectivity index (χ0v) is 5.84. The van der Waals surface area contributed by atoms with Crippen LogP contribution in [-0.4, -0.2) is 0 Å². The van der Waals surface area contributed by atoms with E-state index in [-0.39, 0.29) is 5.82 Å². The van der Waals surface area contributed by atoms with Gasteiger partial charge in [0.1, 0.15) is 5.82 Å². The first-order valence-corrected chi connectivity index (χ1v) is 3.21. The van der Waals surface area contributed by atoms with E-state index in [1.807, 2.05) is 19.1 Å². The van der Waals surface area contributed by atoms with Crippen molar-refractivity contribution < 1.29 is 4.39 Å². The van der Waals surface area contributed by atoms with E-state index in [2.05, 4.69) is 0 Å². The maximum atomic E-state index is 12.3. The van der Waals surface area contributed by atoms with Crippen molar-refractivity contribution in [2.75, 3.05) is 0 Å². The van der Waals surface area contributed by atoms with Crippen molar-refractivity contribution in [3.05, 3.63) is 41.7 Å². The van der Waals surface area contributed by atoms with Gasteiger partial charge in [-0.25, -0.2) is 4.39 Å². The number of halogens is 1. The Morgan fingerprint density at radius 1 is 1.20 bits per heavy atom. The molecule has 0 aromatic heterocycles. The quantitative estimate of drug-likeness (QED) is 0.556. The van der Waals surface area contributed by atoms with E-state index >= 15 is 0 Å². The topological polar surface area (TPSA) is 0 Å². The van der Waals surface area contributed by atoms with Crippen molar-refractivity contribution in [3.8, 4) is 0 Å². The first-order chi connectivity index (χ1) is 4.83. The Hall–Kier alpha value is -1.11. The van der Waals surface area contributed by atoms with E-state index in [1.165, 1.54) is 12.1 Å². The lowest BCUT2D eigenvalue weighted by molar-refractivity contribution is 0.628. The fraction of sp³-hybridized carbons (Fsp3) is 0.111. The Labute approximate surface area is 60.0 Å². The molecular weight excluding hydrogens is 127 g/mol. The fourth-order valence-corrected chi connectivity index (χ4v) is 0.766. The molecule has 0 aliphatic carbocycles. The third-order valence-corrected chi connectivity index (χ3v) is 1.23. The minimum absolute atomic E-state index is 0.187. The van der Waals surface area contributed by atoms with Crippen LogP contribution in [0.25, 0.3) is 6.08 Å². The third-order valence-electron chi connectivity index (χ3n) is 1.23. The SMILES string of the molecule is C/C=C/c1ccc(F)cc1. The Morgan fingerprint density at radius 2 is 1.80 bits per heavy atom. The molecule has 0 spiro atoms. The van der Waals surface area contributed by atoms with Crippen LogP contribution < -0.4 is 0 Å². The lowest BCUT2D eigenvalue weighted by Gasteiger charge is -1.90. The summed E-state index contributed by atoms with van der Waals surface area (Å²) in [5.41, 5.74) is 1.03. The molecule has 0 amide bonds. The van der Waals surface area contributed by atoms with Crippen molar-refractivity contribution in [1.82, 2.24) is 0 Å². The molecule has 0 unspecified atom stereocenters. The van der Waals surface area contributed by atoms with Gasteiger partial charge in [-0.15, -0.1) is 0 Å². The van der Waals surface area contributed by atoms with Crippen LogP contribution >= 0.6 is 0 Å². The van der Waals surface area contributed by atoms with Crippen molar-refractivity contribution in [1.29, 1.82) is 0 Å². The zero-order chi connectivity index (χ0) is 7.40. The maximum Gasteiger partial charge on any atom is 0.123 e. The van der Waals surface area contributed by atoms with Crippen molar-refractivity contribution in [3.63, 3.8) is 0 Å². The second-order valence-electron chi connectivity index (χ2n) is 2.05. The molecule has 0 heterocycles. The predicted molar refractivity (Wildman–Crippen MR) is 41.1 cm³/mol. The van der Waals surface area contributed by atoms with E-state index in [0.717, 1.165) is 5.56 Å². The molecule has 0 bridgehead atoms. The van der Waals surface area contributed by atoms with Gasteiger partial charge in [-0.3, -0.25) is 0 Å². The van der Waals surface area contributed by atoms with Gasteiger partial charge in [0, 0.05) is 0 Å². The van der Waals surface area contributed by atoms with Gasteiger partial charge < -0.3 is 0 Å². The highest BCUT2D eigenvalue weighted by Crippen LogP contribution is 2.03. The van der Waals surface area contributed by atoms with Crippen LogP contribution in [0.4, 0.5) is 4.39 Å². The summed E-state index contributed by atoms with van der Waals surface area (Å²) in [5.74, 6) is -0.187. The average Bonchev–Trinajstić information content (AvgIpc) is 1.95. The highest BCUT2D eigenvalue weighted by atomic mass is 19.1. The number of hydrogen-bond acceptors (Lipinski definition) is 0. The maximum absolute atomic E-state index is 12.3. The highest BCUT2D eigenvalue weighted by Gasteiger charge is 1.86. The van der Waals surface area contributed by atoms with Crippen molar-refractivity contribution in [2.24, 2.45) is 0 Å². The van der Waals surface area contributed by atoms with Crippen LogP contribution in [0.3, 0.4) is 0 Å². The lowest BCUT2D eigenvalue weighted by atomic mass is 10.2. The summed E-state index contributed by atoms with van der Waals surface area (Å²) in [6.45, 7) is 1.93. The molecule has 0 radical (unpaired) electrons. The standard InChI is InChI=1S/C9H9F/c1-2-3-8-4-6-9(10)7-5-8/h2-7H,1H3/b3-2+. The van der Waals surface area contributed by atoms with Crippen molar-refractivity contribution in [2.45, 2.75) is 6.92 Å². The Bertz CT molecular complexity index is 221. The molecule has 0 saturated carbocycles. The lowest BCUT2D eigenvalue weighted by Crippen LogP contribution is -1.72. The molecule has 0 N–H and O–H groups in total. The van der Waals surface area contributed by atoms with E-state index in [4.69, 9.17) is 0 Å². The molecule has 10 heavy (non-hydrogen) atoms. The summed E-state index contributed by atoms with van der Waals surface area (Å²) in [4.78, 5) is 0. The molecule has 0 saturated heterocycles. The fourth-order valence-electron chi connectivity index (χ4n) is 0.766. The van der Waals surface area contributed by atoms with Crippen molar-refractivity contribution >= 4 is 6.08 Å². The molecule has 1 aromatic carbocycles. The van der Waals surface area contributed by atoms with Gasteiger partial charge in [0.15, 0.2) is 0 Å². The van der Waals surface area contributed by atoms with Gasteiger partial charge >= 0.3 is 0 Å². The third kappa shape index (κ3) is 1.69. The number of benzene rings is 1. The van der Waals surface area contributed by atoms with Crippen LogP contribution in [0.1, 0.15) is 12.5 Å². The predicted octanol–water partition coefficient (Wildman–Crippen LogP) is 2.86. The van der Waals surface area contributed by atoms with Crippen LogP contribution in [0.15, 0.2) is 30.3 Å². The van der Waals surface area contributed by atoms with Gasteiger partial charge in [0.05, 0.1) is 0 Å². The van der Waals surface area contributed by atoms with Crippen LogP contribution in [-0.2, 0) is 0 Å². The summed E-state index contributed by atoms with van der Waals surface area (Å²) in [6, 6.07) is 6.40. The Kier molecular flexibility index (Phi) is 2.21. The van der Waals surface area contributed by atoms with Gasteiger partial charge in [0.2, 0.25) is 0 Å². The molecule has 0 nitrogen and oxygen atoms in total. The van der Waals surface area contributed by atoms with Crippen LogP contribution in [0.5, 0.6) is 0 Å². The minimum atomic E-state index is -0.187. The molecule has 1 aromatic rings. The summed E-state index contributed by atoms with van der Waals surface area (Å²) in [7, 11) is 0. The summed E-state index contributed by atoms with van der Waals surface area (Å²) >= 11 is 0. The van der Waals surface area contributed by atoms with E-state index in [9.17, 15) is 4.39 Å². The molecule has 1 rings (SSSR count). The zero-order valence-electron chi connectivity index (χ0n) is 5.84. The molecule has 1 heteroatoms. The number of allylic oxidation sites excluding steroid dienone is 1. The molecule has 0 atom stereocenters. The summed E-state index contributed by atoms with van der Waals surface area (Å²) in [6.07, 6.45) is 3.85. The normalized spacial score (nSPS) is 10.6. The van der Waals surface area contributed by atoms with Gasteiger partial charge in [-0.1, -0.05) is 24.3 Å². The number of hydrogen-bond donors (Lipinski definition) is 0. The first-order valence-electron chi connectivity index (χ1n) is 3.21. The summed E-state index contributed by atoms with van der Waals surface area (Å²) in [5, 5.41) is 0. The molecule has 0 aliphatic rings. The molecule has 52 valence electrons. The average molecular weight is 136 g/mol. The van der Waals surface area contributed by atoms with E-state index < -0.39 is 0 Å². The Balaban J connectivity index is 2.89. The minimum Gasteiger partial charge on any atom is -0.207 e. The Morgan fingerprint density at radius 3 is 2.30 bits per heavy atom. The second kappa shape index (κ2) is 3.16. The largest absolute Gasteiger partial charge is 0.207 e. The van der Waals surface area contributed by atoms with E-state index in [0.29, 0.717) is 0 Å². The van der Waals surface area contributed by atoms with Gasteiger partial charge in [-0.05, 0) is 24.6 Å². The first kappa shape index (κ1) is 7.00. The molecule has 0 fully saturated rings. The summed E-state index contributed by atoms with van der Waals surface area (Å²) < 4.78 is 12.3. The number of rotatable bonds is 1. The highest BCUT2D eigenvalue weighted by molar-refractivity contribution is 5.48.